The highest BCUT2D eigenvalue weighted by molar-refractivity contribution is 5.92. The molecule has 0 aromatic carbocycles. The average Bonchev–Trinajstić information content (AvgIpc) is 3.01. The summed E-state index contributed by atoms with van der Waals surface area (Å²) in [5.74, 6) is 0.128. The van der Waals surface area contributed by atoms with Gasteiger partial charge in [0.25, 0.3) is 0 Å². The summed E-state index contributed by atoms with van der Waals surface area (Å²) in [5, 5.41) is 9.76. The molecule has 4 aliphatic rings. The van der Waals surface area contributed by atoms with Crippen LogP contribution < -0.4 is 0 Å². The van der Waals surface area contributed by atoms with Gasteiger partial charge in [-0.15, -0.1) is 0 Å². The fourth-order valence-electron chi connectivity index (χ4n) is 7.04. The fourth-order valence-corrected chi connectivity index (χ4v) is 7.04. The third kappa shape index (κ3) is 2.88. The van der Waals surface area contributed by atoms with Crippen LogP contribution in [0.4, 0.5) is 0 Å². The molecule has 4 unspecified atom stereocenters. The minimum absolute atomic E-state index is 0.0662. The van der Waals surface area contributed by atoms with E-state index in [-0.39, 0.29) is 29.5 Å². The molecule has 5 atom stereocenters. The van der Waals surface area contributed by atoms with Crippen LogP contribution in [0, 0.1) is 22.7 Å². The van der Waals surface area contributed by atoms with Gasteiger partial charge >= 0.3 is 5.97 Å². The van der Waals surface area contributed by atoms with Crippen molar-refractivity contribution in [1.29, 1.82) is 0 Å². The molecule has 0 saturated heterocycles. The van der Waals surface area contributed by atoms with E-state index in [4.69, 9.17) is 4.74 Å². The van der Waals surface area contributed by atoms with Gasteiger partial charge in [-0.3, -0.25) is 14.4 Å². The van der Waals surface area contributed by atoms with Crippen molar-refractivity contribution in [3.63, 3.8) is 0 Å². The van der Waals surface area contributed by atoms with Gasteiger partial charge in [0.2, 0.25) is 5.78 Å². The van der Waals surface area contributed by atoms with Gasteiger partial charge in [0.15, 0.2) is 5.60 Å². The first-order valence-corrected chi connectivity index (χ1v) is 11.5. The lowest BCUT2D eigenvalue weighted by atomic mass is 9.51. The Morgan fingerprint density at radius 3 is 2.70 bits per heavy atom. The van der Waals surface area contributed by atoms with Gasteiger partial charge in [-0.2, -0.15) is 0 Å². The van der Waals surface area contributed by atoms with E-state index in [9.17, 15) is 19.5 Å². The van der Waals surface area contributed by atoms with E-state index in [1.165, 1.54) is 11.1 Å². The molecule has 0 spiro atoms. The van der Waals surface area contributed by atoms with Crippen molar-refractivity contribution in [2.24, 2.45) is 22.7 Å². The van der Waals surface area contributed by atoms with Crippen molar-refractivity contribution >= 4 is 17.5 Å². The Labute approximate surface area is 178 Å². The van der Waals surface area contributed by atoms with E-state index < -0.39 is 17.6 Å². The van der Waals surface area contributed by atoms with Crippen molar-refractivity contribution < 1.29 is 24.2 Å². The lowest BCUT2D eigenvalue weighted by Gasteiger charge is -2.54. The molecular weight excluding hydrogens is 380 g/mol. The van der Waals surface area contributed by atoms with Gasteiger partial charge in [0.05, 0.1) is 0 Å². The predicted octanol–water partition coefficient (Wildman–Crippen LogP) is 4.08. The first-order chi connectivity index (χ1) is 14.2. The number of aliphatic hydroxyl groups excluding tert-OH is 1. The number of carbonyl (C=O) groups is 3. The van der Waals surface area contributed by atoms with Crippen LogP contribution in [0.15, 0.2) is 23.3 Å². The van der Waals surface area contributed by atoms with Crippen molar-refractivity contribution in [2.45, 2.75) is 84.2 Å². The summed E-state index contributed by atoms with van der Waals surface area (Å²) in [5.41, 5.74) is 0.852. The normalized spacial score (nSPS) is 39.9. The van der Waals surface area contributed by atoms with Gasteiger partial charge in [0.1, 0.15) is 12.4 Å². The Balaban J connectivity index is 1.72. The minimum atomic E-state index is -1.24. The van der Waals surface area contributed by atoms with Crippen LogP contribution in [-0.4, -0.2) is 34.9 Å². The zero-order valence-electron chi connectivity index (χ0n) is 18.5. The van der Waals surface area contributed by atoms with Crippen molar-refractivity contribution in [1.82, 2.24) is 0 Å². The lowest BCUT2D eigenvalue weighted by Crippen LogP contribution is -2.57. The minimum Gasteiger partial charge on any atom is -0.450 e. The van der Waals surface area contributed by atoms with Crippen LogP contribution in [0.5, 0.6) is 0 Å². The van der Waals surface area contributed by atoms with Crippen LogP contribution in [0.2, 0.25) is 0 Å². The Hall–Kier alpha value is -1.75. The topological polar surface area (TPSA) is 80.7 Å². The van der Waals surface area contributed by atoms with Crippen LogP contribution >= 0.6 is 0 Å². The van der Waals surface area contributed by atoms with E-state index in [0.29, 0.717) is 43.8 Å². The summed E-state index contributed by atoms with van der Waals surface area (Å²) >= 11 is 0. The number of rotatable bonds is 5. The number of carbonyl (C=O) groups excluding carboxylic acids is 3. The zero-order valence-corrected chi connectivity index (χ0v) is 18.5. The zero-order chi connectivity index (χ0) is 21.7. The summed E-state index contributed by atoms with van der Waals surface area (Å²) in [6.45, 7) is 5.66. The molecule has 30 heavy (non-hydrogen) atoms. The molecule has 5 heteroatoms. The number of fused-ring (bicyclic) bond motifs is 5. The largest absolute Gasteiger partial charge is 0.450 e. The molecule has 0 heterocycles. The SMILES string of the molecule is CCCC(=O)O[C@]1(C(=O)CO)CCC2C3CC=C4CC(=O)CCC4(C)C3=CCC21C. The molecular formula is C25H34O5. The van der Waals surface area contributed by atoms with Gasteiger partial charge in [0, 0.05) is 30.1 Å². The van der Waals surface area contributed by atoms with E-state index in [0.717, 1.165) is 19.3 Å². The molecule has 0 radical (unpaired) electrons. The third-order valence-electron chi connectivity index (χ3n) is 8.77. The summed E-state index contributed by atoms with van der Waals surface area (Å²) < 4.78 is 5.95. The Kier molecular flexibility index (Phi) is 5.32. The molecule has 4 rings (SSSR count). The number of Topliss-reactive ketones (excluding diaryl/α,β-unsaturated/α-hetero) is 2. The number of esters is 1. The summed E-state index contributed by atoms with van der Waals surface area (Å²) in [6, 6.07) is 0. The molecule has 2 saturated carbocycles. The fraction of sp³-hybridized carbons (Fsp3) is 0.720. The van der Waals surface area contributed by atoms with Gasteiger partial charge in [-0.25, -0.2) is 0 Å². The van der Waals surface area contributed by atoms with Crippen LogP contribution in [0.25, 0.3) is 0 Å². The highest BCUT2D eigenvalue weighted by atomic mass is 16.6. The van der Waals surface area contributed by atoms with Crippen LogP contribution in [0.3, 0.4) is 0 Å². The number of ketones is 2. The second kappa shape index (κ2) is 7.44. The summed E-state index contributed by atoms with van der Waals surface area (Å²) in [4.78, 5) is 37.5. The molecule has 2 fully saturated rings. The van der Waals surface area contributed by atoms with Crippen molar-refractivity contribution in [3.8, 4) is 0 Å². The highest BCUT2D eigenvalue weighted by Crippen LogP contribution is 2.66. The Morgan fingerprint density at radius 1 is 1.23 bits per heavy atom. The van der Waals surface area contributed by atoms with Crippen LogP contribution in [-0.2, 0) is 19.1 Å². The molecule has 4 aliphatic carbocycles. The van der Waals surface area contributed by atoms with Gasteiger partial charge < -0.3 is 9.84 Å². The average molecular weight is 415 g/mol. The Morgan fingerprint density at radius 2 is 2.00 bits per heavy atom. The maximum atomic E-state index is 13.0. The highest BCUT2D eigenvalue weighted by Gasteiger charge is 2.66. The first kappa shape index (κ1) is 21.5. The monoisotopic (exact) mass is 414 g/mol. The molecule has 5 nitrogen and oxygen atoms in total. The number of allylic oxidation sites excluding steroid dienone is 4. The molecule has 0 bridgehead atoms. The maximum Gasteiger partial charge on any atom is 0.306 e. The lowest BCUT2D eigenvalue weighted by molar-refractivity contribution is -0.184. The van der Waals surface area contributed by atoms with E-state index >= 15 is 0 Å². The van der Waals surface area contributed by atoms with E-state index in [1.807, 2.05) is 6.92 Å². The van der Waals surface area contributed by atoms with Crippen LogP contribution in [0.1, 0.15) is 78.6 Å². The number of ether oxygens (including phenoxy) is 1. The summed E-state index contributed by atoms with van der Waals surface area (Å²) in [6.07, 6.45) is 10.4. The molecule has 0 aromatic rings. The molecule has 164 valence electrons. The van der Waals surface area contributed by atoms with Crippen molar-refractivity contribution in [3.05, 3.63) is 23.3 Å². The number of hydrogen-bond donors (Lipinski definition) is 1. The summed E-state index contributed by atoms with van der Waals surface area (Å²) in [7, 11) is 0. The van der Waals surface area contributed by atoms with Gasteiger partial charge in [-0.05, 0) is 50.4 Å². The van der Waals surface area contributed by atoms with E-state index in [1.54, 1.807) is 0 Å². The number of hydrogen-bond acceptors (Lipinski definition) is 5. The predicted molar refractivity (Wildman–Crippen MR) is 113 cm³/mol. The van der Waals surface area contributed by atoms with Gasteiger partial charge in [-0.1, -0.05) is 44.1 Å². The standard InChI is InChI=1S/C25H34O5/c1-4-5-22(29)30-25(21(28)15-26)13-10-20-18-7-6-16-14-17(27)8-11-23(16,2)19(18)9-12-24(20,25)3/h6,9,18,20,26H,4-5,7-8,10-15H2,1-3H3/t18?,20?,23?,24?,25-/m0/s1. The second-order valence-corrected chi connectivity index (χ2v) is 10.2. The van der Waals surface area contributed by atoms with Crippen molar-refractivity contribution in [2.75, 3.05) is 6.61 Å². The molecule has 1 N–H and O–H groups in total. The Bertz CT molecular complexity index is 838. The number of aliphatic hydroxyl groups is 1. The molecule has 0 aliphatic heterocycles. The molecule has 0 aromatic heterocycles. The van der Waals surface area contributed by atoms with E-state index in [2.05, 4.69) is 26.0 Å². The second-order valence-electron chi connectivity index (χ2n) is 10.2. The maximum absolute atomic E-state index is 13.0. The molecule has 0 amide bonds. The smallest absolute Gasteiger partial charge is 0.306 e. The third-order valence-corrected chi connectivity index (χ3v) is 8.77. The quantitative estimate of drug-likeness (QED) is 0.541. The first-order valence-electron chi connectivity index (χ1n) is 11.5.